The van der Waals surface area contributed by atoms with E-state index >= 15 is 0 Å². The summed E-state index contributed by atoms with van der Waals surface area (Å²) in [5, 5.41) is 10.4. The number of aliphatic hydroxyl groups is 1. The molecule has 13 heteroatoms. The molecule has 3 heterocycles. The fourth-order valence-electron chi connectivity index (χ4n) is 3.54. The molecule has 2 aromatic heterocycles. The molecule has 0 radical (unpaired) electrons. The van der Waals surface area contributed by atoms with Gasteiger partial charge in [0.15, 0.2) is 5.82 Å². The number of halogens is 6. The van der Waals surface area contributed by atoms with Crippen LogP contribution in [0.15, 0.2) is 30.7 Å². The third-order valence-corrected chi connectivity index (χ3v) is 5.31. The molecule has 3 rings (SSSR count). The zero-order valence-electron chi connectivity index (χ0n) is 17.0. The van der Waals surface area contributed by atoms with Gasteiger partial charge in [-0.25, -0.2) is 9.97 Å². The molecule has 0 spiro atoms. The first-order valence-corrected chi connectivity index (χ1v) is 9.66. The van der Waals surface area contributed by atoms with Crippen LogP contribution in [0, 0.1) is 0 Å². The van der Waals surface area contributed by atoms with Gasteiger partial charge >= 0.3 is 12.4 Å². The number of rotatable bonds is 4. The van der Waals surface area contributed by atoms with Crippen molar-refractivity contribution >= 4 is 11.7 Å². The third-order valence-electron chi connectivity index (χ3n) is 5.31. The van der Waals surface area contributed by atoms with Gasteiger partial charge in [-0.05, 0) is 18.6 Å². The zero-order valence-corrected chi connectivity index (χ0v) is 17.0. The van der Waals surface area contributed by atoms with Crippen LogP contribution < -0.4 is 4.90 Å². The summed E-state index contributed by atoms with van der Waals surface area (Å²) in [4.78, 5) is 22.9. The summed E-state index contributed by atoms with van der Waals surface area (Å²) in [6.07, 6.45) is -7.49. The molecule has 0 saturated carbocycles. The molecule has 1 aliphatic heterocycles. The molecule has 0 bridgehead atoms. The Bertz CT molecular complexity index is 943. The number of imidazole rings is 1. The number of alkyl halides is 6. The lowest BCUT2D eigenvalue weighted by atomic mass is 9.96. The van der Waals surface area contributed by atoms with Gasteiger partial charge in [0.2, 0.25) is 11.5 Å². The fraction of sp³-hybridized carbons (Fsp3) is 0.526. The number of aryl methyl sites for hydroxylation is 1. The summed E-state index contributed by atoms with van der Waals surface area (Å²) in [5.74, 6) is -1.33. The maximum atomic E-state index is 13.7. The first-order valence-electron chi connectivity index (χ1n) is 9.66. The van der Waals surface area contributed by atoms with Gasteiger partial charge in [-0.3, -0.25) is 4.79 Å². The molecule has 1 saturated heterocycles. The summed E-state index contributed by atoms with van der Waals surface area (Å²) in [6.45, 7) is 0.669. The molecular formula is C19H21F6N5O2. The predicted octanol–water partition coefficient (Wildman–Crippen LogP) is 2.71. The molecule has 0 unspecified atom stereocenters. The quantitative estimate of drug-likeness (QED) is 0.703. The lowest BCUT2D eigenvalue weighted by Crippen LogP contribution is -2.49. The largest absolute Gasteiger partial charge is 0.425 e. The third kappa shape index (κ3) is 4.81. The van der Waals surface area contributed by atoms with E-state index in [0.717, 1.165) is 16.8 Å². The average molecular weight is 465 g/mol. The Kier molecular flexibility index (Phi) is 6.40. The van der Waals surface area contributed by atoms with Gasteiger partial charge in [-0.1, -0.05) is 0 Å². The Morgan fingerprint density at radius 3 is 2.31 bits per heavy atom. The van der Waals surface area contributed by atoms with Gasteiger partial charge in [-0.2, -0.15) is 26.3 Å². The molecule has 1 N–H and O–H groups in total. The highest BCUT2D eigenvalue weighted by Gasteiger charge is 2.59. The Labute approximate surface area is 179 Å². The number of hydrogen-bond acceptors (Lipinski definition) is 5. The van der Waals surface area contributed by atoms with Gasteiger partial charge in [0.1, 0.15) is 5.82 Å². The van der Waals surface area contributed by atoms with Crippen LogP contribution in [0.4, 0.5) is 32.2 Å². The summed E-state index contributed by atoms with van der Waals surface area (Å²) in [6, 6.07) is 2.11. The van der Waals surface area contributed by atoms with Crippen LogP contribution >= 0.6 is 0 Å². The van der Waals surface area contributed by atoms with Gasteiger partial charge in [-0.15, -0.1) is 0 Å². The Balaban J connectivity index is 1.70. The Morgan fingerprint density at radius 1 is 1.06 bits per heavy atom. The molecule has 1 aliphatic rings. The van der Waals surface area contributed by atoms with Crippen LogP contribution in [0.1, 0.15) is 24.2 Å². The number of amides is 1. The smallest absolute Gasteiger partial charge is 0.374 e. The SMILES string of the molecule is Cn1ccnc1[C@@](O)(CC(=O)N1CCCN(c2ccc(C(F)(F)F)cn2)CC1)C(F)(F)F. The molecule has 1 atom stereocenters. The van der Waals surface area contributed by atoms with E-state index in [4.69, 9.17) is 0 Å². The fourth-order valence-corrected chi connectivity index (χ4v) is 3.54. The second-order valence-corrected chi connectivity index (χ2v) is 7.52. The van der Waals surface area contributed by atoms with Gasteiger partial charge in [0.25, 0.3) is 0 Å². The van der Waals surface area contributed by atoms with Gasteiger partial charge in [0.05, 0.1) is 12.0 Å². The van der Waals surface area contributed by atoms with Crippen molar-refractivity contribution in [2.24, 2.45) is 7.05 Å². The summed E-state index contributed by atoms with van der Waals surface area (Å²) in [5.41, 5.74) is -4.35. The maximum Gasteiger partial charge on any atom is 0.425 e. The van der Waals surface area contributed by atoms with E-state index in [-0.39, 0.29) is 25.5 Å². The van der Waals surface area contributed by atoms with Gasteiger partial charge in [0, 0.05) is 51.8 Å². The molecule has 32 heavy (non-hydrogen) atoms. The van der Waals surface area contributed by atoms with Crippen LogP contribution in [0.3, 0.4) is 0 Å². The number of aromatic nitrogens is 3. The van der Waals surface area contributed by atoms with Crippen molar-refractivity contribution in [1.29, 1.82) is 0 Å². The van der Waals surface area contributed by atoms with E-state index in [0.29, 0.717) is 19.2 Å². The maximum absolute atomic E-state index is 13.7. The number of carbonyl (C=O) groups excluding carboxylic acids is 1. The lowest BCUT2D eigenvalue weighted by Gasteiger charge is -2.31. The normalized spacial score (nSPS) is 17.8. The molecule has 1 fully saturated rings. The highest BCUT2D eigenvalue weighted by molar-refractivity contribution is 5.77. The van der Waals surface area contributed by atoms with E-state index in [1.165, 1.54) is 24.2 Å². The number of nitrogens with zero attached hydrogens (tertiary/aromatic N) is 5. The Hall–Kier alpha value is -2.83. The minimum absolute atomic E-state index is 0.0238. The van der Waals surface area contributed by atoms with E-state index in [1.54, 1.807) is 4.90 Å². The molecule has 0 aromatic carbocycles. The van der Waals surface area contributed by atoms with Crippen molar-refractivity contribution in [2.75, 3.05) is 31.1 Å². The van der Waals surface area contributed by atoms with E-state index in [2.05, 4.69) is 9.97 Å². The van der Waals surface area contributed by atoms with E-state index in [9.17, 15) is 36.2 Å². The van der Waals surface area contributed by atoms with E-state index < -0.39 is 41.7 Å². The minimum atomic E-state index is -5.14. The number of pyridine rings is 1. The number of hydrogen-bond donors (Lipinski definition) is 1. The van der Waals surface area contributed by atoms with Crippen molar-refractivity contribution < 1.29 is 36.2 Å². The molecular weight excluding hydrogens is 444 g/mol. The molecule has 1 amide bonds. The van der Waals surface area contributed by atoms with Crippen molar-refractivity contribution in [2.45, 2.75) is 30.8 Å². The Morgan fingerprint density at radius 2 is 1.78 bits per heavy atom. The summed E-state index contributed by atoms with van der Waals surface area (Å²) in [7, 11) is 1.28. The van der Waals surface area contributed by atoms with Crippen molar-refractivity contribution in [1.82, 2.24) is 19.4 Å². The van der Waals surface area contributed by atoms with Crippen molar-refractivity contribution in [3.8, 4) is 0 Å². The lowest BCUT2D eigenvalue weighted by molar-refractivity contribution is -0.271. The molecule has 7 nitrogen and oxygen atoms in total. The van der Waals surface area contributed by atoms with Gasteiger partial charge < -0.3 is 19.5 Å². The van der Waals surface area contributed by atoms with Crippen LogP contribution in [0.25, 0.3) is 0 Å². The molecule has 0 aliphatic carbocycles. The van der Waals surface area contributed by atoms with Crippen LogP contribution in [-0.4, -0.2) is 62.8 Å². The molecule has 176 valence electrons. The second kappa shape index (κ2) is 8.60. The number of carbonyl (C=O) groups is 1. The number of anilines is 1. The minimum Gasteiger partial charge on any atom is -0.374 e. The van der Waals surface area contributed by atoms with Crippen molar-refractivity contribution in [3.05, 3.63) is 42.1 Å². The van der Waals surface area contributed by atoms with E-state index in [1.807, 2.05) is 0 Å². The summed E-state index contributed by atoms with van der Waals surface area (Å²) < 4.78 is 80.2. The highest BCUT2D eigenvalue weighted by atomic mass is 19.4. The van der Waals surface area contributed by atoms with Crippen LogP contribution in [-0.2, 0) is 23.6 Å². The zero-order chi connectivity index (χ0) is 23.7. The van der Waals surface area contributed by atoms with Crippen LogP contribution in [0.5, 0.6) is 0 Å². The topological polar surface area (TPSA) is 74.5 Å². The predicted molar refractivity (Wildman–Crippen MR) is 100 cm³/mol. The first-order chi connectivity index (χ1) is 14.8. The highest BCUT2D eigenvalue weighted by Crippen LogP contribution is 2.41. The van der Waals surface area contributed by atoms with Crippen LogP contribution in [0.2, 0.25) is 0 Å². The first kappa shape index (κ1) is 23.8. The monoisotopic (exact) mass is 465 g/mol. The summed E-state index contributed by atoms with van der Waals surface area (Å²) >= 11 is 0. The van der Waals surface area contributed by atoms with Crippen molar-refractivity contribution in [3.63, 3.8) is 0 Å². The average Bonchev–Trinajstić information content (AvgIpc) is 2.98. The standard InChI is InChI=1S/C19H21F6N5O2/c1-28-8-5-26-16(28)17(32,19(23,24)25)11-15(31)30-7-2-6-29(9-10-30)14-4-3-13(12-27-14)18(20,21)22/h3-5,8,12,32H,2,6-7,9-11H2,1H3/t17-/m0/s1. The molecule has 2 aromatic rings. The second-order valence-electron chi connectivity index (χ2n) is 7.52.